The van der Waals surface area contributed by atoms with Crippen molar-refractivity contribution >= 4 is 11.5 Å². The normalized spacial score (nSPS) is 10.3. The average molecular weight is 247 g/mol. The smallest absolute Gasteiger partial charge is 0.276 e. The lowest BCUT2D eigenvalue weighted by atomic mass is 10.3. The van der Waals surface area contributed by atoms with Gasteiger partial charge in [0.1, 0.15) is 5.82 Å². The molecule has 0 aliphatic rings. The summed E-state index contributed by atoms with van der Waals surface area (Å²) in [7, 11) is 0. The van der Waals surface area contributed by atoms with Crippen LogP contribution in [0.4, 0.5) is 11.5 Å². The zero-order valence-corrected chi connectivity index (χ0v) is 9.91. The van der Waals surface area contributed by atoms with Gasteiger partial charge in [-0.1, -0.05) is 6.92 Å². The Balaban J connectivity index is 2.40. The van der Waals surface area contributed by atoms with Crippen molar-refractivity contribution in [1.29, 1.82) is 0 Å². The highest BCUT2D eigenvalue weighted by Crippen LogP contribution is 2.19. The highest BCUT2D eigenvalue weighted by atomic mass is 16.6. The van der Waals surface area contributed by atoms with E-state index in [1.807, 2.05) is 6.92 Å². The van der Waals surface area contributed by atoms with Crippen LogP contribution in [-0.2, 0) is 0 Å². The van der Waals surface area contributed by atoms with Gasteiger partial charge >= 0.3 is 0 Å². The Morgan fingerprint density at radius 3 is 2.94 bits per heavy atom. The second kappa shape index (κ2) is 5.26. The number of anilines is 1. The van der Waals surface area contributed by atoms with E-state index in [0.717, 1.165) is 6.42 Å². The highest BCUT2D eigenvalue weighted by Gasteiger charge is 2.12. The van der Waals surface area contributed by atoms with Crippen molar-refractivity contribution in [2.24, 2.45) is 0 Å². The van der Waals surface area contributed by atoms with Crippen LogP contribution in [0.2, 0.25) is 0 Å². The lowest BCUT2D eigenvalue weighted by molar-refractivity contribution is -0.384. The van der Waals surface area contributed by atoms with Crippen LogP contribution in [0.25, 0.3) is 5.82 Å². The van der Waals surface area contributed by atoms with Gasteiger partial charge in [-0.3, -0.25) is 10.1 Å². The zero-order valence-electron chi connectivity index (χ0n) is 9.91. The van der Waals surface area contributed by atoms with Gasteiger partial charge in [0, 0.05) is 18.9 Å². The quantitative estimate of drug-likeness (QED) is 0.645. The fourth-order valence-electron chi connectivity index (χ4n) is 1.47. The number of nitrogens with one attached hydrogen (secondary N) is 1. The van der Waals surface area contributed by atoms with Crippen molar-refractivity contribution in [3.8, 4) is 5.82 Å². The van der Waals surface area contributed by atoms with E-state index in [2.05, 4.69) is 15.4 Å². The van der Waals surface area contributed by atoms with E-state index in [9.17, 15) is 10.1 Å². The average Bonchev–Trinajstić information content (AvgIpc) is 2.89. The molecule has 0 spiro atoms. The minimum absolute atomic E-state index is 0.00546. The lowest BCUT2D eigenvalue weighted by Gasteiger charge is -2.06. The van der Waals surface area contributed by atoms with Gasteiger partial charge in [0.25, 0.3) is 5.69 Å². The van der Waals surface area contributed by atoms with Gasteiger partial charge < -0.3 is 5.32 Å². The van der Waals surface area contributed by atoms with Crippen LogP contribution in [0.5, 0.6) is 0 Å². The number of nitrogens with zero attached hydrogens (tertiary/aromatic N) is 4. The van der Waals surface area contributed by atoms with Crippen molar-refractivity contribution in [2.45, 2.75) is 13.3 Å². The minimum Gasteiger partial charge on any atom is -0.370 e. The summed E-state index contributed by atoms with van der Waals surface area (Å²) in [6, 6.07) is 4.55. The Morgan fingerprint density at radius 2 is 2.33 bits per heavy atom. The van der Waals surface area contributed by atoms with Crippen LogP contribution in [0.3, 0.4) is 0 Å². The van der Waals surface area contributed by atoms with Crippen LogP contribution < -0.4 is 5.32 Å². The number of nitro groups is 1. The molecule has 0 saturated heterocycles. The second-order valence-electron chi connectivity index (χ2n) is 3.70. The first-order valence-electron chi connectivity index (χ1n) is 5.61. The predicted octanol–water partition coefficient (Wildman–Crippen LogP) is 2.00. The van der Waals surface area contributed by atoms with Crippen molar-refractivity contribution in [1.82, 2.24) is 14.8 Å². The molecule has 0 aromatic carbocycles. The van der Waals surface area contributed by atoms with Gasteiger partial charge in [-0.2, -0.15) is 5.10 Å². The first-order valence-corrected chi connectivity index (χ1v) is 5.61. The zero-order chi connectivity index (χ0) is 13.0. The number of hydrogen-bond donors (Lipinski definition) is 1. The third-order valence-corrected chi connectivity index (χ3v) is 2.30. The van der Waals surface area contributed by atoms with Gasteiger partial charge in [-0.15, -0.1) is 0 Å². The molecule has 0 fully saturated rings. The van der Waals surface area contributed by atoms with E-state index in [0.29, 0.717) is 18.2 Å². The molecule has 1 N–H and O–H groups in total. The van der Waals surface area contributed by atoms with Gasteiger partial charge in [0.15, 0.2) is 5.82 Å². The Morgan fingerprint density at radius 1 is 1.50 bits per heavy atom. The van der Waals surface area contributed by atoms with E-state index < -0.39 is 4.92 Å². The van der Waals surface area contributed by atoms with Crippen molar-refractivity contribution in [3.63, 3.8) is 0 Å². The van der Waals surface area contributed by atoms with E-state index in [1.165, 1.54) is 16.8 Å². The molecule has 0 unspecified atom stereocenters. The van der Waals surface area contributed by atoms with E-state index in [-0.39, 0.29) is 5.69 Å². The highest BCUT2D eigenvalue weighted by molar-refractivity contribution is 5.50. The fraction of sp³-hybridized carbons (Fsp3) is 0.273. The summed E-state index contributed by atoms with van der Waals surface area (Å²) >= 11 is 0. The van der Waals surface area contributed by atoms with Crippen molar-refractivity contribution in [3.05, 3.63) is 40.7 Å². The van der Waals surface area contributed by atoms with Gasteiger partial charge in [0.2, 0.25) is 0 Å². The fourth-order valence-corrected chi connectivity index (χ4v) is 1.47. The lowest BCUT2D eigenvalue weighted by Crippen LogP contribution is -2.06. The summed E-state index contributed by atoms with van der Waals surface area (Å²) in [6.45, 7) is 2.73. The molecule has 7 nitrogen and oxygen atoms in total. The minimum atomic E-state index is -0.439. The van der Waals surface area contributed by atoms with E-state index >= 15 is 0 Å². The van der Waals surface area contributed by atoms with E-state index in [1.54, 1.807) is 18.5 Å². The summed E-state index contributed by atoms with van der Waals surface area (Å²) in [5, 5.41) is 17.9. The van der Waals surface area contributed by atoms with Gasteiger partial charge in [-0.05, 0) is 12.5 Å². The summed E-state index contributed by atoms with van der Waals surface area (Å²) in [5.41, 5.74) is -0.00546. The maximum atomic E-state index is 10.9. The maximum Gasteiger partial charge on any atom is 0.276 e. The Labute approximate surface area is 104 Å². The first-order chi connectivity index (χ1) is 8.70. The Hall–Kier alpha value is -2.44. The van der Waals surface area contributed by atoms with Crippen LogP contribution in [0, 0.1) is 10.1 Å². The summed E-state index contributed by atoms with van der Waals surface area (Å²) in [5.74, 6) is 0.907. The van der Waals surface area contributed by atoms with Crippen LogP contribution in [-0.4, -0.2) is 26.2 Å². The molecule has 94 valence electrons. The number of pyridine rings is 1. The second-order valence-corrected chi connectivity index (χ2v) is 3.70. The molecule has 2 aromatic heterocycles. The van der Waals surface area contributed by atoms with Crippen molar-refractivity contribution in [2.75, 3.05) is 11.9 Å². The van der Waals surface area contributed by atoms with Crippen molar-refractivity contribution < 1.29 is 4.92 Å². The standard InChI is InChI=1S/C11H13N5O2/c1-2-4-12-10-7-9(16(17)18)8-11(14-10)15-6-3-5-13-15/h3,5-8H,2,4H2,1H3,(H,12,14). The maximum absolute atomic E-state index is 10.9. The molecule has 2 aromatic rings. The molecule has 0 bridgehead atoms. The van der Waals surface area contributed by atoms with Gasteiger partial charge in [-0.25, -0.2) is 9.67 Å². The molecule has 0 aliphatic heterocycles. The number of aromatic nitrogens is 3. The van der Waals surface area contributed by atoms with Gasteiger partial charge in [0.05, 0.1) is 17.1 Å². The molecule has 0 saturated carbocycles. The predicted molar refractivity (Wildman–Crippen MR) is 66.8 cm³/mol. The molecule has 0 radical (unpaired) electrons. The monoisotopic (exact) mass is 247 g/mol. The molecular formula is C11H13N5O2. The molecule has 2 rings (SSSR count). The SMILES string of the molecule is CCCNc1cc([N+](=O)[O-])cc(-n2cccn2)n1. The summed E-state index contributed by atoms with van der Waals surface area (Å²) in [4.78, 5) is 14.7. The molecule has 0 amide bonds. The summed E-state index contributed by atoms with van der Waals surface area (Å²) < 4.78 is 1.49. The number of rotatable bonds is 5. The van der Waals surface area contributed by atoms with Crippen LogP contribution in [0.15, 0.2) is 30.6 Å². The van der Waals surface area contributed by atoms with Crippen LogP contribution >= 0.6 is 0 Å². The third-order valence-electron chi connectivity index (χ3n) is 2.30. The first kappa shape index (κ1) is 12.0. The van der Waals surface area contributed by atoms with E-state index in [4.69, 9.17) is 0 Å². The third kappa shape index (κ3) is 2.62. The molecule has 0 aliphatic carbocycles. The Bertz CT molecular complexity index is 538. The Kier molecular flexibility index (Phi) is 3.52. The molecule has 0 atom stereocenters. The largest absolute Gasteiger partial charge is 0.370 e. The molecule has 2 heterocycles. The topological polar surface area (TPSA) is 85.9 Å². The number of hydrogen-bond acceptors (Lipinski definition) is 5. The molecule has 7 heteroatoms. The molecular weight excluding hydrogens is 234 g/mol. The summed E-state index contributed by atoms with van der Waals surface area (Å²) in [6.07, 6.45) is 4.21. The molecule has 18 heavy (non-hydrogen) atoms. The van der Waals surface area contributed by atoms with Crippen LogP contribution in [0.1, 0.15) is 13.3 Å².